The van der Waals surface area contributed by atoms with Gasteiger partial charge in [0.15, 0.2) is 0 Å². The van der Waals surface area contributed by atoms with Gasteiger partial charge in [0.25, 0.3) is 5.56 Å². The Morgan fingerprint density at radius 3 is 3.00 bits per heavy atom. The van der Waals surface area contributed by atoms with Crippen LogP contribution in [0.4, 0.5) is 0 Å². The Bertz CT molecular complexity index is 851. The number of thiophene rings is 2. The third-order valence-corrected chi connectivity index (χ3v) is 4.79. The molecule has 1 N–H and O–H groups in total. The molecule has 8 heteroatoms. The predicted octanol–water partition coefficient (Wildman–Crippen LogP) is 1.72. The molecule has 0 aliphatic rings. The van der Waals surface area contributed by atoms with Crippen LogP contribution in [0.1, 0.15) is 0 Å². The highest BCUT2D eigenvalue weighted by molar-refractivity contribution is 7.18. The summed E-state index contributed by atoms with van der Waals surface area (Å²) in [5, 5.41) is 13.0. The van der Waals surface area contributed by atoms with Crippen LogP contribution in [0.15, 0.2) is 34.0 Å². The van der Waals surface area contributed by atoms with Gasteiger partial charge in [-0.25, -0.2) is 4.98 Å². The molecule has 114 valence electrons. The van der Waals surface area contributed by atoms with Crippen LogP contribution in [0.25, 0.3) is 20.7 Å². The molecule has 0 bridgehead atoms. The first-order chi connectivity index (χ1) is 10.7. The van der Waals surface area contributed by atoms with Crippen molar-refractivity contribution in [2.24, 2.45) is 0 Å². The van der Waals surface area contributed by atoms with Gasteiger partial charge in [0.05, 0.1) is 18.3 Å². The Balaban J connectivity index is 2.00. The molecule has 0 amide bonds. The molecule has 6 nitrogen and oxygen atoms in total. The number of rotatable bonds is 5. The Hall–Kier alpha value is -2.03. The van der Waals surface area contributed by atoms with Crippen molar-refractivity contribution in [1.29, 1.82) is 0 Å². The van der Waals surface area contributed by atoms with Crippen molar-refractivity contribution in [2.75, 3.05) is 13.2 Å². The number of hydrogen-bond acceptors (Lipinski definition) is 7. The lowest BCUT2D eigenvalue weighted by molar-refractivity contribution is -0.145. The molecule has 3 aromatic rings. The Morgan fingerprint density at radius 1 is 1.41 bits per heavy atom. The van der Waals surface area contributed by atoms with E-state index in [-0.39, 0.29) is 25.3 Å². The SMILES string of the molecule is O=C(Cn1cnc2scc(-c3cccs3)c2c1=O)OCCO. The Kier molecular flexibility index (Phi) is 4.32. The Morgan fingerprint density at radius 2 is 2.27 bits per heavy atom. The summed E-state index contributed by atoms with van der Waals surface area (Å²) < 4.78 is 6.00. The Labute approximate surface area is 133 Å². The molecule has 0 aliphatic carbocycles. The number of aromatic nitrogens is 2. The maximum atomic E-state index is 12.6. The molecule has 3 rings (SSSR count). The average Bonchev–Trinajstić information content (AvgIpc) is 3.16. The largest absolute Gasteiger partial charge is 0.462 e. The van der Waals surface area contributed by atoms with Gasteiger partial charge in [-0.1, -0.05) is 6.07 Å². The molecule has 0 spiro atoms. The number of aliphatic hydroxyl groups is 1. The number of carbonyl (C=O) groups is 1. The fourth-order valence-electron chi connectivity index (χ4n) is 2.04. The van der Waals surface area contributed by atoms with E-state index in [0.29, 0.717) is 10.2 Å². The molecule has 0 unspecified atom stereocenters. The summed E-state index contributed by atoms with van der Waals surface area (Å²) in [6.45, 7) is -0.547. The molecule has 0 saturated carbocycles. The van der Waals surface area contributed by atoms with Crippen LogP contribution in [0, 0.1) is 0 Å². The van der Waals surface area contributed by atoms with Gasteiger partial charge in [-0.15, -0.1) is 22.7 Å². The number of nitrogens with zero attached hydrogens (tertiary/aromatic N) is 2. The minimum Gasteiger partial charge on any atom is -0.462 e. The van der Waals surface area contributed by atoms with Crippen molar-refractivity contribution in [2.45, 2.75) is 6.54 Å². The summed E-state index contributed by atoms with van der Waals surface area (Å²) in [5.41, 5.74) is 0.571. The molecule has 0 saturated heterocycles. The normalized spacial score (nSPS) is 11.0. The molecule has 3 heterocycles. The lowest BCUT2D eigenvalue weighted by Gasteiger charge is -2.06. The zero-order valence-corrected chi connectivity index (χ0v) is 13.0. The molecule has 22 heavy (non-hydrogen) atoms. The lowest BCUT2D eigenvalue weighted by Crippen LogP contribution is -2.26. The van der Waals surface area contributed by atoms with Crippen LogP contribution in [0.2, 0.25) is 0 Å². The van der Waals surface area contributed by atoms with Crippen molar-refractivity contribution < 1.29 is 14.6 Å². The zero-order valence-electron chi connectivity index (χ0n) is 11.4. The maximum Gasteiger partial charge on any atom is 0.326 e. The number of fused-ring (bicyclic) bond motifs is 1. The fraction of sp³-hybridized carbons (Fsp3) is 0.214. The summed E-state index contributed by atoms with van der Waals surface area (Å²) in [5.74, 6) is -0.579. The number of hydrogen-bond donors (Lipinski definition) is 1. The van der Waals surface area contributed by atoms with Gasteiger partial charge in [-0.2, -0.15) is 0 Å². The first-order valence-corrected chi connectivity index (χ1v) is 8.23. The van der Waals surface area contributed by atoms with Crippen LogP contribution in [0.5, 0.6) is 0 Å². The second kappa shape index (κ2) is 6.39. The summed E-state index contributed by atoms with van der Waals surface area (Å²) in [7, 11) is 0. The summed E-state index contributed by atoms with van der Waals surface area (Å²) in [4.78, 5) is 30.1. The zero-order chi connectivity index (χ0) is 15.5. The summed E-state index contributed by atoms with van der Waals surface area (Å²) >= 11 is 2.95. The quantitative estimate of drug-likeness (QED) is 0.718. The van der Waals surface area contributed by atoms with Gasteiger partial charge in [-0.3, -0.25) is 14.2 Å². The highest BCUT2D eigenvalue weighted by Gasteiger charge is 2.15. The summed E-state index contributed by atoms with van der Waals surface area (Å²) in [6.07, 6.45) is 1.35. The van der Waals surface area contributed by atoms with E-state index in [1.807, 2.05) is 22.9 Å². The number of carbonyl (C=O) groups excluding carboxylic acids is 1. The fourth-order valence-corrected chi connectivity index (χ4v) is 3.76. The van der Waals surface area contributed by atoms with E-state index in [4.69, 9.17) is 9.84 Å². The number of esters is 1. The minimum atomic E-state index is -0.579. The predicted molar refractivity (Wildman–Crippen MR) is 85.2 cm³/mol. The third kappa shape index (κ3) is 2.80. The van der Waals surface area contributed by atoms with E-state index < -0.39 is 5.97 Å². The second-order valence-electron chi connectivity index (χ2n) is 4.43. The van der Waals surface area contributed by atoms with Gasteiger partial charge in [-0.05, 0) is 11.4 Å². The average molecular weight is 336 g/mol. The van der Waals surface area contributed by atoms with E-state index in [1.165, 1.54) is 22.2 Å². The van der Waals surface area contributed by atoms with E-state index >= 15 is 0 Å². The standard InChI is InChI=1S/C14H12N2O4S2/c17-3-4-20-11(18)6-16-8-15-13-12(14(16)19)9(7-22-13)10-2-1-5-21-10/h1-2,5,7-8,17H,3-4,6H2. The van der Waals surface area contributed by atoms with Gasteiger partial charge in [0.2, 0.25) is 0 Å². The first kappa shape index (κ1) is 14.9. The van der Waals surface area contributed by atoms with E-state index in [9.17, 15) is 9.59 Å². The number of ether oxygens (including phenoxy) is 1. The molecular formula is C14H12N2O4S2. The monoisotopic (exact) mass is 336 g/mol. The second-order valence-corrected chi connectivity index (χ2v) is 6.23. The topological polar surface area (TPSA) is 81.4 Å². The molecular weight excluding hydrogens is 324 g/mol. The number of aliphatic hydroxyl groups excluding tert-OH is 1. The maximum absolute atomic E-state index is 12.6. The van der Waals surface area contributed by atoms with Crippen molar-refractivity contribution in [3.63, 3.8) is 0 Å². The van der Waals surface area contributed by atoms with Crippen LogP contribution in [-0.4, -0.2) is 33.8 Å². The van der Waals surface area contributed by atoms with Crippen molar-refractivity contribution in [3.05, 3.63) is 39.6 Å². The smallest absolute Gasteiger partial charge is 0.326 e. The van der Waals surface area contributed by atoms with E-state index in [2.05, 4.69) is 4.98 Å². The van der Waals surface area contributed by atoms with Gasteiger partial charge >= 0.3 is 5.97 Å². The van der Waals surface area contributed by atoms with Crippen molar-refractivity contribution >= 4 is 38.9 Å². The molecule has 0 fully saturated rings. The summed E-state index contributed by atoms with van der Waals surface area (Å²) in [6, 6.07) is 3.86. The van der Waals surface area contributed by atoms with E-state index in [1.54, 1.807) is 11.3 Å². The molecule has 0 atom stereocenters. The minimum absolute atomic E-state index is 0.0812. The van der Waals surface area contributed by atoms with E-state index in [0.717, 1.165) is 10.4 Å². The lowest BCUT2D eigenvalue weighted by atomic mass is 10.2. The highest BCUT2D eigenvalue weighted by Crippen LogP contribution is 2.33. The van der Waals surface area contributed by atoms with Crippen LogP contribution in [-0.2, 0) is 16.1 Å². The highest BCUT2D eigenvalue weighted by atomic mass is 32.1. The van der Waals surface area contributed by atoms with Crippen molar-refractivity contribution in [3.8, 4) is 10.4 Å². The third-order valence-electron chi connectivity index (χ3n) is 3.00. The van der Waals surface area contributed by atoms with Gasteiger partial charge in [0.1, 0.15) is 18.0 Å². The van der Waals surface area contributed by atoms with Crippen LogP contribution < -0.4 is 5.56 Å². The van der Waals surface area contributed by atoms with Crippen LogP contribution in [0.3, 0.4) is 0 Å². The van der Waals surface area contributed by atoms with Crippen LogP contribution >= 0.6 is 22.7 Å². The van der Waals surface area contributed by atoms with Gasteiger partial charge < -0.3 is 9.84 Å². The van der Waals surface area contributed by atoms with Gasteiger partial charge in [0, 0.05) is 15.8 Å². The molecule has 0 aliphatic heterocycles. The first-order valence-electron chi connectivity index (χ1n) is 6.47. The molecule has 0 aromatic carbocycles. The molecule has 0 radical (unpaired) electrons. The molecule has 3 aromatic heterocycles. The van der Waals surface area contributed by atoms with Crippen molar-refractivity contribution in [1.82, 2.24) is 9.55 Å².